The van der Waals surface area contributed by atoms with Gasteiger partial charge in [0.05, 0.1) is 12.7 Å². The number of halogens is 3. The van der Waals surface area contributed by atoms with Crippen molar-refractivity contribution in [2.45, 2.75) is 12.7 Å². The summed E-state index contributed by atoms with van der Waals surface area (Å²) >= 11 is 0. The predicted molar refractivity (Wildman–Crippen MR) is 76.4 cm³/mol. The second-order valence-electron chi connectivity index (χ2n) is 4.13. The Labute approximate surface area is 136 Å². The molecule has 136 valence electrons. The van der Waals surface area contributed by atoms with Gasteiger partial charge < -0.3 is 9.84 Å². The van der Waals surface area contributed by atoms with E-state index in [9.17, 15) is 26.4 Å². The predicted octanol–water partition coefficient (Wildman–Crippen LogP) is 0.325. The van der Waals surface area contributed by atoms with Crippen LogP contribution in [0.4, 0.5) is 13.2 Å². The molecule has 0 unspecified atom stereocenters. The minimum atomic E-state index is -4.41. The van der Waals surface area contributed by atoms with Crippen molar-refractivity contribution in [1.29, 1.82) is 0 Å². The molecule has 0 saturated heterocycles. The van der Waals surface area contributed by atoms with Crippen molar-refractivity contribution in [3.05, 3.63) is 36.4 Å². The highest BCUT2D eigenvalue weighted by Gasteiger charge is 2.33. The summed E-state index contributed by atoms with van der Waals surface area (Å²) < 4.78 is 63.2. The van der Waals surface area contributed by atoms with Crippen LogP contribution in [0.3, 0.4) is 0 Å². The minimum absolute atomic E-state index is 0.0627. The number of aromatic nitrogens is 2. The largest absolute Gasteiger partial charge is 0.493 e. The Morgan fingerprint density at radius 1 is 1.50 bits per heavy atom. The molecule has 0 radical (unpaired) electrons. The molecular weight excluding hydrogens is 355 g/mol. The molecule has 1 heterocycles. The van der Waals surface area contributed by atoms with Gasteiger partial charge in [-0.15, -0.1) is 0 Å². The minimum Gasteiger partial charge on any atom is -0.493 e. The van der Waals surface area contributed by atoms with Gasteiger partial charge in [-0.3, -0.25) is 0 Å². The van der Waals surface area contributed by atoms with Crippen LogP contribution in [0.5, 0.6) is 0 Å². The quantitative estimate of drug-likeness (QED) is 0.550. The highest BCUT2D eigenvalue weighted by molar-refractivity contribution is 7.89. The smallest absolute Gasteiger partial charge is 0.448 e. The van der Waals surface area contributed by atoms with Crippen molar-refractivity contribution in [1.82, 2.24) is 9.82 Å². The molecule has 0 spiro atoms. The highest BCUT2D eigenvalue weighted by Crippen LogP contribution is 2.23. The average molecular weight is 372 g/mol. The van der Waals surface area contributed by atoms with Crippen molar-refractivity contribution in [2.24, 2.45) is 0 Å². The summed E-state index contributed by atoms with van der Waals surface area (Å²) in [6.45, 7) is 2.77. The third-order valence-electron chi connectivity index (χ3n) is 2.48. The average Bonchev–Trinajstić information content (AvgIpc) is 2.52. The summed E-state index contributed by atoms with van der Waals surface area (Å²) in [6, 6.07) is 1.36. The Morgan fingerprint density at radius 2 is 2.08 bits per heavy atom. The van der Waals surface area contributed by atoms with E-state index in [1.54, 1.807) is 0 Å². The Balaban J connectivity index is 0.000000561. The SMILES string of the molecule is C=C(OC)C(F)(F)F.CNS(=O)(=O)CC[n+]1ccc(C(=O)O)cn1. The Kier molecular flexibility index (Phi) is 8.33. The zero-order valence-electron chi connectivity index (χ0n) is 12.9. The highest BCUT2D eigenvalue weighted by atomic mass is 32.2. The number of aromatic carboxylic acids is 1. The van der Waals surface area contributed by atoms with Crippen LogP contribution >= 0.6 is 0 Å². The fourth-order valence-corrected chi connectivity index (χ4v) is 1.71. The zero-order chi connectivity index (χ0) is 19.0. The van der Waals surface area contributed by atoms with Gasteiger partial charge >= 0.3 is 12.1 Å². The number of carboxylic acid groups (broad SMARTS) is 1. The van der Waals surface area contributed by atoms with E-state index >= 15 is 0 Å². The van der Waals surface area contributed by atoms with Crippen LogP contribution in [0.25, 0.3) is 0 Å². The maximum absolute atomic E-state index is 11.2. The van der Waals surface area contributed by atoms with Crippen molar-refractivity contribution in [3.63, 3.8) is 0 Å². The molecule has 0 aliphatic heterocycles. The number of carbonyl (C=O) groups is 1. The molecule has 24 heavy (non-hydrogen) atoms. The van der Waals surface area contributed by atoms with Crippen LogP contribution in [0.2, 0.25) is 0 Å². The molecule has 1 aromatic rings. The van der Waals surface area contributed by atoms with E-state index in [-0.39, 0.29) is 17.9 Å². The number of allylic oxidation sites excluding steroid dienone is 1. The van der Waals surface area contributed by atoms with Crippen molar-refractivity contribution in [3.8, 4) is 0 Å². The Bertz CT molecular complexity index is 660. The lowest BCUT2D eigenvalue weighted by Gasteiger charge is -2.06. The van der Waals surface area contributed by atoms with Crippen LogP contribution in [0.1, 0.15) is 10.4 Å². The Morgan fingerprint density at radius 3 is 2.38 bits per heavy atom. The molecule has 0 aliphatic rings. The first kappa shape index (κ1) is 21.8. The topological polar surface area (TPSA) is 109 Å². The van der Waals surface area contributed by atoms with E-state index in [1.807, 2.05) is 0 Å². The summed E-state index contributed by atoms with van der Waals surface area (Å²) in [4.78, 5) is 10.5. The van der Waals surface area contributed by atoms with Gasteiger partial charge in [-0.2, -0.15) is 13.2 Å². The van der Waals surface area contributed by atoms with Crippen molar-refractivity contribution < 1.29 is 40.9 Å². The van der Waals surface area contributed by atoms with Gasteiger partial charge in [0.2, 0.25) is 10.0 Å². The van der Waals surface area contributed by atoms with Crippen molar-refractivity contribution >= 4 is 16.0 Å². The number of nitrogens with zero attached hydrogens (tertiary/aromatic N) is 2. The number of ether oxygens (including phenoxy) is 1. The maximum Gasteiger partial charge on any atom is 0.448 e. The number of methoxy groups -OCH3 is 1. The fourth-order valence-electron chi connectivity index (χ4n) is 1.07. The number of sulfonamides is 1. The normalized spacial score (nSPS) is 11.2. The molecule has 1 rings (SSSR count). The summed E-state index contributed by atoms with van der Waals surface area (Å²) in [6.07, 6.45) is -1.81. The molecular formula is C12H17F3N3O5S+. The lowest BCUT2D eigenvalue weighted by atomic mass is 10.3. The summed E-state index contributed by atoms with van der Waals surface area (Å²) in [5.41, 5.74) is 0.0627. The van der Waals surface area contributed by atoms with Gasteiger partial charge in [-0.25, -0.2) is 17.9 Å². The van der Waals surface area contributed by atoms with Crippen LogP contribution in [0.15, 0.2) is 30.8 Å². The van der Waals surface area contributed by atoms with E-state index in [1.165, 1.54) is 30.2 Å². The van der Waals surface area contributed by atoms with Gasteiger partial charge in [-0.05, 0) is 12.1 Å². The van der Waals surface area contributed by atoms with Gasteiger partial charge in [0.1, 0.15) is 11.9 Å². The van der Waals surface area contributed by atoms with E-state index in [0.717, 1.165) is 7.11 Å². The monoisotopic (exact) mass is 372 g/mol. The third kappa shape index (κ3) is 8.43. The molecule has 0 atom stereocenters. The standard InChI is InChI=1S/C8H11N3O4S.C4H5F3O/c1-9-16(14,15)5-4-11-3-2-7(6-10-11)8(12)13;1-3(8-2)4(5,6)7/h2-3,6,9H,4-5H2,1H3;1H2,2H3/p+1. The van der Waals surface area contributed by atoms with Gasteiger partial charge in [0.25, 0.3) is 0 Å². The molecule has 0 fully saturated rings. The zero-order valence-corrected chi connectivity index (χ0v) is 13.7. The number of aryl methyl sites for hydroxylation is 1. The number of carboxylic acids is 1. The number of nitrogens with one attached hydrogen (secondary N) is 1. The van der Waals surface area contributed by atoms with E-state index in [0.29, 0.717) is 0 Å². The molecule has 0 saturated carbocycles. The lowest BCUT2D eigenvalue weighted by molar-refractivity contribution is -0.750. The molecule has 12 heteroatoms. The van der Waals surface area contributed by atoms with Crippen LogP contribution < -0.4 is 9.40 Å². The van der Waals surface area contributed by atoms with Crippen LogP contribution in [0, 0.1) is 0 Å². The van der Waals surface area contributed by atoms with Crippen LogP contribution in [-0.2, 0) is 21.3 Å². The third-order valence-corrected chi connectivity index (χ3v) is 3.82. The van der Waals surface area contributed by atoms with Gasteiger partial charge in [0, 0.05) is 6.07 Å². The molecule has 8 nitrogen and oxygen atoms in total. The molecule has 0 amide bonds. The summed E-state index contributed by atoms with van der Waals surface area (Å²) in [5.74, 6) is -2.34. The Hall–Kier alpha value is -2.21. The van der Waals surface area contributed by atoms with Crippen molar-refractivity contribution in [2.75, 3.05) is 19.9 Å². The van der Waals surface area contributed by atoms with E-state index < -0.39 is 27.9 Å². The number of alkyl halides is 3. The summed E-state index contributed by atoms with van der Waals surface area (Å²) in [7, 11) is -1.01. The van der Waals surface area contributed by atoms with E-state index in [4.69, 9.17) is 5.11 Å². The first-order valence-electron chi connectivity index (χ1n) is 6.23. The number of hydrogen-bond donors (Lipinski definition) is 2. The van der Waals surface area contributed by atoms with Crippen LogP contribution in [-0.4, -0.2) is 50.7 Å². The second kappa shape index (κ2) is 9.17. The molecule has 0 aromatic carbocycles. The fraction of sp³-hybridized carbons (Fsp3) is 0.417. The van der Waals surface area contributed by atoms with E-state index in [2.05, 4.69) is 21.1 Å². The lowest BCUT2D eigenvalue weighted by Crippen LogP contribution is -2.42. The number of rotatable bonds is 6. The number of hydrogen-bond acceptors (Lipinski definition) is 5. The molecule has 2 N–H and O–H groups in total. The maximum atomic E-state index is 11.2. The van der Waals surface area contributed by atoms with Gasteiger partial charge in [0.15, 0.2) is 18.5 Å². The molecule has 1 aromatic heterocycles. The second-order valence-corrected chi connectivity index (χ2v) is 6.18. The first-order chi connectivity index (χ1) is 10.9. The first-order valence-corrected chi connectivity index (χ1v) is 7.88. The molecule has 0 bridgehead atoms. The molecule has 0 aliphatic carbocycles. The summed E-state index contributed by atoms with van der Waals surface area (Å²) in [5, 5.41) is 12.4. The van der Waals surface area contributed by atoms with Gasteiger partial charge in [-0.1, -0.05) is 11.3 Å².